The van der Waals surface area contributed by atoms with Crippen LogP contribution >= 0.6 is 0 Å². The van der Waals surface area contributed by atoms with Gasteiger partial charge in [0.25, 0.3) is 5.91 Å². The number of amides is 1. The predicted molar refractivity (Wildman–Crippen MR) is 79.6 cm³/mol. The number of likely N-dealkylation sites (N-methyl/N-ethyl adjacent to an activating group) is 1. The topological polar surface area (TPSA) is 42.0 Å². The third kappa shape index (κ3) is 2.80. The molecule has 2 unspecified atom stereocenters. The van der Waals surface area contributed by atoms with E-state index in [0.717, 1.165) is 19.6 Å². The lowest BCUT2D eigenvalue weighted by Crippen LogP contribution is -2.59. The Morgan fingerprint density at radius 3 is 2.95 bits per heavy atom. The SMILES string of the molecule is COc1ccc(C(=O)N2CCC3OCCN(C)C3C2)cc1F. The van der Waals surface area contributed by atoms with E-state index in [0.29, 0.717) is 18.7 Å². The summed E-state index contributed by atoms with van der Waals surface area (Å²) >= 11 is 0. The first-order valence-corrected chi connectivity index (χ1v) is 7.55. The number of piperidine rings is 1. The number of benzene rings is 1. The number of ether oxygens (including phenoxy) is 2. The number of halogens is 1. The van der Waals surface area contributed by atoms with Crippen molar-refractivity contribution in [2.24, 2.45) is 0 Å². The lowest BCUT2D eigenvalue weighted by molar-refractivity contribution is -0.0893. The van der Waals surface area contributed by atoms with Gasteiger partial charge in [0, 0.05) is 25.2 Å². The number of hydrogen-bond donors (Lipinski definition) is 0. The van der Waals surface area contributed by atoms with Gasteiger partial charge in [-0.05, 0) is 31.7 Å². The number of nitrogens with zero attached hydrogens (tertiary/aromatic N) is 2. The van der Waals surface area contributed by atoms with Crippen LogP contribution in [0.3, 0.4) is 0 Å². The minimum absolute atomic E-state index is 0.140. The molecule has 0 spiro atoms. The average molecular weight is 308 g/mol. The van der Waals surface area contributed by atoms with Gasteiger partial charge in [0.1, 0.15) is 0 Å². The molecule has 0 bridgehead atoms. The first kappa shape index (κ1) is 15.2. The number of morpholine rings is 1. The molecule has 5 nitrogen and oxygen atoms in total. The van der Waals surface area contributed by atoms with Gasteiger partial charge in [0.05, 0.1) is 25.9 Å². The maximum absolute atomic E-state index is 13.8. The molecular formula is C16H21FN2O3. The van der Waals surface area contributed by atoms with E-state index in [9.17, 15) is 9.18 Å². The van der Waals surface area contributed by atoms with Gasteiger partial charge in [-0.2, -0.15) is 0 Å². The first-order chi connectivity index (χ1) is 10.6. The van der Waals surface area contributed by atoms with Crippen molar-refractivity contribution in [3.05, 3.63) is 29.6 Å². The summed E-state index contributed by atoms with van der Waals surface area (Å²) < 4.78 is 24.5. The molecular weight excluding hydrogens is 287 g/mol. The van der Waals surface area contributed by atoms with E-state index in [1.807, 2.05) is 0 Å². The van der Waals surface area contributed by atoms with E-state index in [2.05, 4.69) is 11.9 Å². The van der Waals surface area contributed by atoms with E-state index in [4.69, 9.17) is 9.47 Å². The fourth-order valence-corrected chi connectivity index (χ4v) is 3.21. The quantitative estimate of drug-likeness (QED) is 0.828. The standard InChI is InChI=1S/C16H21FN2O3/c1-18-7-8-22-15-5-6-19(10-13(15)18)16(20)11-3-4-14(21-2)12(17)9-11/h3-4,9,13,15H,5-8,10H2,1-2H3. The lowest BCUT2D eigenvalue weighted by Gasteiger charge is -2.45. The molecule has 2 aliphatic heterocycles. The molecule has 2 heterocycles. The maximum Gasteiger partial charge on any atom is 0.254 e. The molecule has 1 aromatic rings. The summed E-state index contributed by atoms with van der Waals surface area (Å²) in [7, 11) is 3.46. The molecule has 0 saturated carbocycles. The Hall–Kier alpha value is -1.66. The van der Waals surface area contributed by atoms with Crippen LogP contribution in [0.1, 0.15) is 16.8 Å². The summed E-state index contributed by atoms with van der Waals surface area (Å²) in [5.74, 6) is -0.504. The van der Waals surface area contributed by atoms with E-state index in [-0.39, 0.29) is 23.8 Å². The summed E-state index contributed by atoms with van der Waals surface area (Å²) in [5.41, 5.74) is 0.358. The van der Waals surface area contributed by atoms with Crippen LogP contribution in [0, 0.1) is 5.82 Å². The van der Waals surface area contributed by atoms with Crippen molar-refractivity contribution < 1.29 is 18.7 Å². The van der Waals surface area contributed by atoms with Crippen LogP contribution in [0.2, 0.25) is 0 Å². The van der Waals surface area contributed by atoms with Crippen molar-refractivity contribution >= 4 is 5.91 Å². The number of fused-ring (bicyclic) bond motifs is 1. The van der Waals surface area contributed by atoms with Gasteiger partial charge in [0.2, 0.25) is 0 Å². The molecule has 120 valence electrons. The molecule has 3 rings (SSSR count). The molecule has 2 atom stereocenters. The zero-order valence-electron chi connectivity index (χ0n) is 12.9. The molecule has 0 aromatic heterocycles. The second-order valence-electron chi connectivity index (χ2n) is 5.85. The van der Waals surface area contributed by atoms with E-state index >= 15 is 0 Å². The van der Waals surface area contributed by atoms with Crippen LogP contribution in [0.25, 0.3) is 0 Å². The predicted octanol–water partition coefficient (Wildman–Crippen LogP) is 1.38. The maximum atomic E-state index is 13.8. The summed E-state index contributed by atoms with van der Waals surface area (Å²) in [6.07, 6.45) is 1.01. The summed E-state index contributed by atoms with van der Waals surface area (Å²) in [5, 5.41) is 0. The summed E-state index contributed by atoms with van der Waals surface area (Å²) in [6, 6.07) is 4.56. The number of carbonyl (C=O) groups excluding carboxylic acids is 1. The Morgan fingerprint density at radius 2 is 2.23 bits per heavy atom. The van der Waals surface area contributed by atoms with Crippen molar-refractivity contribution in [3.63, 3.8) is 0 Å². The number of carbonyl (C=O) groups is 1. The number of hydrogen-bond acceptors (Lipinski definition) is 4. The largest absolute Gasteiger partial charge is 0.494 e. The molecule has 22 heavy (non-hydrogen) atoms. The highest BCUT2D eigenvalue weighted by molar-refractivity contribution is 5.94. The number of likely N-dealkylation sites (tertiary alicyclic amines) is 1. The van der Waals surface area contributed by atoms with Crippen LogP contribution in [0.15, 0.2) is 18.2 Å². The molecule has 2 aliphatic rings. The van der Waals surface area contributed by atoms with Gasteiger partial charge in [-0.1, -0.05) is 0 Å². The van der Waals surface area contributed by atoms with Gasteiger partial charge in [-0.3, -0.25) is 9.69 Å². The van der Waals surface area contributed by atoms with Gasteiger partial charge < -0.3 is 14.4 Å². The monoisotopic (exact) mass is 308 g/mol. The zero-order chi connectivity index (χ0) is 15.7. The fourth-order valence-electron chi connectivity index (χ4n) is 3.21. The van der Waals surface area contributed by atoms with E-state index < -0.39 is 5.82 Å². The molecule has 0 aliphatic carbocycles. The van der Waals surface area contributed by atoms with E-state index in [1.54, 1.807) is 11.0 Å². The summed E-state index contributed by atoms with van der Waals surface area (Å²) in [4.78, 5) is 16.6. The van der Waals surface area contributed by atoms with Crippen LogP contribution in [-0.4, -0.2) is 68.3 Å². The van der Waals surface area contributed by atoms with Gasteiger partial charge in [0.15, 0.2) is 11.6 Å². The third-order valence-corrected chi connectivity index (χ3v) is 4.55. The molecule has 2 fully saturated rings. The third-order valence-electron chi connectivity index (χ3n) is 4.55. The highest BCUT2D eigenvalue weighted by atomic mass is 19.1. The molecule has 0 N–H and O–H groups in total. The van der Waals surface area contributed by atoms with Crippen molar-refractivity contribution in [2.75, 3.05) is 40.4 Å². The highest BCUT2D eigenvalue weighted by Gasteiger charge is 2.37. The average Bonchev–Trinajstić information content (AvgIpc) is 2.54. The van der Waals surface area contributed by atoms with Gasteiger partial charge in [-0.25, -0.2) is 4.39 Å². The van der Waals surface area contributed by atoms with Crippen LogP contribution in [-0.2, 0) is 4.74 Å². The Morgan fingerprint density at radius 1 is 1.41 bits per heavy atom. The Balaban J connectivity index is 1.74. The van der Waals surface area contributed by atoms with E-state index in [1.165, 1.54) is 19.2 Å². The van der Waals surface area contributed by atoms with Crippen LogP contribution < -0.4 is 4.74 Å². The van der Waals surface area contributed by atoms with Crippen molar-refractivity contribution in [3.8, 4) is 5.75 Å². The number of rotatable bonds is 2. The summed E-state index contributed by atoms with van der Waals surface area (Å²) in [6.45, 7) is 2.88. The minimum atomic E-state index is -0.513. The minimum Gasteiger partial charge on any atom is -0.494 e. The van der Waals surface area contributed by atoms with Crippen molar-refractivity contribution in [2.45, 2.75) is 18.6 Å². The molecule has 1 amide bonds. The van der Waals surface area contributed by atoms with Gasteiger partial charge >= 0.3 is 0 Å². The first-order valence-electron chi connectivity index (χ1n) is 7.55. The van der Waals surface area contributed by atoms with Crippen LogP contribution in [0.5, 0.6) is 5.75 Å². The normalized spacial score (nSPS) is 25.7. The van der Waals surface area contributed by atoms with Crippen LogP contribution in [0.4, 0.5) is 4.39 Å². The Labute approximate surface area is 129 Å². The lowest BCUT2D eigenvalue weighted by atomic mass is 9.98. The Kier molecular flexibility index (Phi) is 4.31. The number of methoxy groups -OCH3 is 1. The van der Waals surface area contributed by atoms with Crippen molar-refractivity contribution in [1.29, 1.82) is 0 Å². The second kappa shape index (κ2) is 6.22. The zero-order valence-corrected chi connectivity index (χ0v) is 12.9. The molecule has 6 heteroatoms. The smallest absolute Gasteiger partial charge is 0.254 e. The molecule has 0 radical (unpaired) electrons. The van der Waals surface area contributed by atoms with Gasteiger partial charge in [-0.15, -0.1) is 0 Å². The molecule has 2 saturated heterocycles. The highest BCUT2D eigenvalue weighted by Crippen LogP contribution is 2.24. The molecule has 1 aromatic carbocycles. The fraction of sp³-hybridized carbons (Fsp3) is 0.562. The van der Waals surface area contributed by atoms with Crippen molar-refractivity contribution in [1.82, 2.24) is 9.80 Å². The Bertz CT molecular complexity index is 566. The second-order valence-corrected chi connectivity index (χ2v) is 5.85.